The second kappa shape index (κ2) is 19.0. The maximum absolute atomic E-state index is 10.9. The molecule has 1 heterocycles. The van der Waals surface area contributed by atoms with Gasteiger partial charge in [-0.05, 0) is 69.2 Å². The number of aldehydes is 2. The van der Waals surface area contributed by atoms with Gasteiger partial charge in [0.15, 0.2) is 0 Å². The smallest absolute Gasteiger partial charge is 0.150 e. The van der Waals surface area contributed by atoms with E-state index in [2.05, 4.69) is 29.0 Å². The third-order valence-electron chi connectivity index (χ3n) is 6.78. The first-order chi connectivity index (χ1) is 17.9. The molecule has 37 heavy (non-hydrogen) atoms. The molecule has 0 amide bonds. The summed E-state index contributed by atoms with van der Waals surface area (Å²) in [5.74, 6) is 3.27. The Morgan fingerprint density at radius 2 is 1.76 bits per heavy atom. The fraction of sp³-hybridized carbons (Fsp3) is 0.600. The largest absolute Gasteiger partial charge is 0.494 e. The first-order valence-electron chi connectivity index (χ1n) is 13.4. The average Bonchev–Trinajstić information content (AvgIpc) is 3.83. The fourth-order valence-electron chi connectivity index (χ4n) is 4.10. The predicted molar refractivity (Wildman–Crippen MR) is 153 cm³/mol. The van der Waals surface area contributed by atoms with Gasteiger partial charge in [0.2, 0.25) is 0 Å². The van der Waals surface area contributed by atoms with Crippen LogP contribution in [-0.4, -0.2) is 79.8 Å². The first-order valence-corrected chi connectivity index (χ1v) is 13.9. The lowest BCUT2D eigenvalue weighted by Gasteiger charge is -2.36. The van der Waals surface area contributed by atoms with E-state index in [0.29, 0.717) is 36.7 Å². The number of piperidine rings is 1. The quantitative estimate of drug-likeness (QED) is 0.107. The zero-order valence-corrected chi connectivity index (χ0v) is 23.8. The van der Waals surface area contributed by atoms with Crippen LogP contribution in [0, 0.1) is 11.8 Å². The number of allylic oxidation sites excluding steroid dienone is 5. The topological polar surface area (TPSA) is 70.1 Å². The zero-order chi connectivity index (χ0) is 27.6. The Balaban J connectivity index is 0.000000735. The van der Waals surface area contributed by atoms with E-state index in [1.807, 2.05) is 20.2 Å². The minimum atomic E-state index is 0.379. The summed E-state index contributed by atoms with van der Waals surface area (Å²) in [6.45, 7) is 13.7. The van der Waals surface area contributed by atoms with Crippen molar-refractivity contribution >= 4 is 24.2 Å². The van der Waals surface area contributed by atoms with E-state index >= 15 is 0 Å². The van der Waals surface area contributed by atoms with E-state index < -0.39 is 0 Å². The summed E-state index contributed by atoms with van der Waals surface area (Å²) in [5, 5.41) is 7.00. The van der Waals surface area contributed by atoms with Gasteiger partial charge in [-0.25, -0.2) is 0 Å². The number of likely N-dealkylation sites (tertiary alicyclic amines) is 1. The lowest BCUT2D eigenvalue weighted by molar-refractivity contribution is -0.106. The van der Waals surface area contributed by atoms with E-state index in [4.69, 9.17) is 21.4 Å². The van der Waals surface area contributed by atoms with Gasteiger partial charge >= 0.3 is 0 Å². The summed E-state index contributed by atoms with van der Waals surface area (Å²) in [4.78, 5) is 26.0. The summed E-state index contributed by atoms with van der Waals surface area (Å²) in [6.07, 6.45) is 17.0. The van der Waals surface area contributed by atoms with Crippen LogP contribution in [0.1, 0.15) is 51.9 Å². The lowest BCUT2D eigenvalue weighted by atomic mass is 10.0. The van der Waals surface area contributed by atoms with Crippen LogP contribution in [0.25, 0.3) is 0 Å². The van der Waals surface area contributed by atoms with Crippen molar-refractivity contribution in [3.05, 3.63) is 60.1 Å². The molecule has 3 rings (SSSR count). The molecule has 2 aliphatic carbocycles. The number of halogens is 1. The molecule has 0 bridgehead atoms. The second-order valence-corrected chi connectivity index (χ2v) is 10.1. The molecule has 1 saturated heterocycles. The monoisotopic (exact) mass is 534 g/mol. The summed E-state index contributed by atoms with van der Waals surface area (Å²) < 4.78 is 5.68. The maximum Gasteiger partial charge on any atom is 0.150 e. The molecule has 0 atom stereocenters. The normalized spacial score (nSPS) is 18.7. The number of carbonyl (C=O) groups excluding carboxylic acids is 2. The van der Waals surface area contributed by atoms with Gasteiger partial charge in [0, 0.05) is 56.9 Å². The molecule has 0 unspecified atom stereocenters. The second-order valence-electron chi connectivity index (χ2n) is 9.71. The molecule has 0 radical (unpaired) electrons. The van der Waals surface area contributed by atoms with Crippen LogP contribution in [0.5, 0.6) is 0 Å². The van der Waals surface area contributed by atoms with Crippen LogP contribution >= 0.6 is 11.6 Å². The number of aliphatic hydroxyl groups excluding tert-OH is 1. The van der Waals surface area contributed by atoms with Crippen molar-refractivity contribution in [1.82, 2.24) is 9.80 Å². The van der Waals surface area contributed by atoms with Crippen molar-refractivity contribution in [2.45, 2.75) is 57.9 Å². The van der Waals surface area contributed by atoms with Gasteiger partial charge in [-0.2, -0.15) is 0 Å². The van der Waals surface area contributed by atoms with Gasteiger partial charge in [0.25, 0.3) is 0 Å². The van der Waals surface area contributed by atoms with E-state index in [0.717, 1.165) is 62.7 Å². The molecule has 3 aliphatic rings. The van der Waals surface area contributed by atoms with Gasteiger partial charge in [-0.1, -0.05) is 37.6 Å². The number of carbonyl (C=O) groups is 2. The number of nitrogens with zero attached hydrogens (tertiary/aromatic N) is 2. The number of hydrogen-bond acceptors (Lipinski definition) is 6. The highest BCUT2D eigenvalue weighted by atomic mass is 35.5. The Bertz CT molecular complexity index is 804. The van der Waals surface area contributed by atoms with Crippen LogP contribution in [0.15, 0.2) is 60.1 Å². The van der Waals surface area contributed by atoms with E-state index in [1.54, 1.807) is 6.08 Å². The highest BCUT2D eigenvalue weighted by Crippen LogP contribution is 2.37. The first kappa shape index (κ1) is 32.9. The van der Waals surface area contributed by atoms with Gasteiger partial charge in [-0.15, -0.1) is 11.6 Å². The maximum atomic E-state index is 10.9. The van der Waals surface area contributed by atoms with Gasteiger partial charge in [0.05, 0.1) is 6.61 Å². The molecule has 6 nitrogen and oxygen atoms in total. The van der Waals surface area contributed by atoms with E-state index in [9.17, 15) is 9.59 Å². The molecule has 1 aliphatic heterocycles. The summed E-state index contributed by atoms with van der Waals surface area (Å²) in [7, 11) is 3.02. The van der Waals surface area contributed by atoms with Gasteiger partial charge in [-0.3, -0.25) is 14.5 Å². The molecular formula is C30H47ClN2O4. The summed E-state index contributed by atoms with van der Waals surface area (Å²) in [5.41, 5.74) is 2.70. The highest BCUT2D eigenvalue weighted by Gasteiger charge is 2.25. The van der Waals surface area contributed by atoms with Crippen LogP contribution < -0.4 is 0 Å². The van der Waals surface area contributed by atoms with Crippen LogP contribution in [0.4, 0.5) is 0 Å². The van der Waals surface area contributed by atoms with Gasteiger partial charge < -0.3 is 14.7 Å². The molecule has 7 heteroatoms. The van der Waals surface area contributed by atoms with Crippen molar-refractivity contribution in [3.8, 4) is 0 Å². The van der Waals surface area contributed by atoms with Crippen molar-refractivity contribution in [3.63, 3.8) is 0 Å². The number of rotatable bonds is 14. The number of alkyl halides is 1. The third-order valence-corrected chi connectivity index (χ3v) is 7.00. The Labute approximate surface area is 229 Å². The van der Waals surface area contributed by atoms with E-state index in [-0.39, 0.29) is 0 Å². The highest BCUT2D eigenvalue weighted by molar-refractivity contribution is 6.17. The Hall–Kier alpha value is -2.15. The Morgan fingerprint density at radius 1 is 1.11 bits per heavy atom. The Kier molecular flexibility index (Phi) is 16.9. The standard InChI is InChI=1S/C24H34N2O3.C5H9Cl.CH4O/c1-5-29-20(3)23(16-19(2)22-6-7-22)17-26-13-9-24(10-14-26)25(4)12-8-21(18-28)11-15-27;6-4-3-5-1-2-5;1-2/h8,11-12,15-16,18,22,24H,2-3,5-7,9-10,13-14,17H2,1,4H3;5H,1-4H2;2H,1H3/b12-8-,21-11+,23-16-;;. The molecule has 0 aromatic carbocycles. The molecule has 3 fully saturated rings. The minimum Gasteiger partial charge on any atom is -0.494 e. The molecule has 1 N–H and O–H groups in total. The molecular weight excluding hydrogens is 488 g/mol. The van der Waals surface area contributed by atoms with Crippen LogP contribution in [-0.2, 0) is 14.3 Å². The number of aliphatic hydroxyl groups is 1. The van der Waals surface area contributed by atoms with Crippen molar-refractivity contribution in [2.24, 2.45) is 11.8 Å². The summed E-state index contributed by atoms with van der Waals surface area (Å²) >= 11 is 5.44. The molecule has 2 saturated carbocycles. The molecule has 0 aromatic heterocycles. The number of hydrogen-bond donors (Lipinski definition) is 1. The third kappa shape index (κ3) is 13.8. The van der Waals surface area contributed by atoms with E-state index in [1.165, 1.54) is 43.8 Å². The Morgan fingerprint density at radius 3 is 2.22 bits per heavy atom. The SMILES string of the molecule is C=C(OCC)/C(=C\C(=C)C1CC1)CN1CCC(N(C)/C=C\C(C=O)=C/C=O)CC1.CO.ClCCC1CC1. The van der Waals surface area contributed by atoms with Gasteiger partial charge in [0.1, 0.15) is 18.3 Å². The molecule has 0 spiro atoms. The number of ether oxygens (including phenoxy) is 1. The fourth-order valence-corrected chi connectivity index (χ4v) is 4.41. The van der Waals surface area contributed by atoms with Crippen LogP contribution in [0.2, 0.25) is 0 Å². The van der Waals surface area contributed by atoms with Crippen molar-refractivity contribution < 1.29 is 19.4 Å². The lowest BCUT2D eigenvalue weighted by Crippen LogP contribution is -2.42. The molecule has 208 valence electrons. The zero-order valence-electron chi connectivity index (χ0n) is 23.0. The minimum absolute atomic E-state index is 0.379. The average molecular weight is 535 g/mol. The van der Waals surface area contributed by atoms with Crippen molar-refractivity contribution in [2.75, 3.05) is 46.3 Å². The van der Waals surface area contributed by atoms with Crippen LogP contribution in [0.3, 0.4) is 0 Å². The van der Waals surface area contributed by atoms with Crippen molar-refractivity contribution in [1.29, 1.82) is 0 Å². The predicted octanol–water partition coefficient (Wildman–Crippen LogP) is 5.30. The molecule has 0 aromatic rings. The summed E-state index contributed by atoms with van der Waals surface area (Å²) in [6, 6.07) is 0.413.